The highest BCUT2D eigenvalue weighted by molar-refractivity contribution is 7.85. The fraction of sp³-hybridized carbons (Fsp3) is 0.667. The lowest BCUT2D eigenvalue weighted by Crippen LogP contribution is -2.02. The van der Waals surface area contributed by atoms with Crippen LogP contribution in [0.5, 0.6) is 0 Å². The maximum absolute atomic E-state index is 10.2. The van der Waals surface area contributed by atoms with Crippen molar-refractivity contribution in [3.63, 3.8) is 0 Å². The molecule has 0 amide bonds. The standard InChI is InChI=1S/C6H14O3SSi/c1-6(2,11)4-3-5-10(7,8)9/h3-4H,5H2,1-2,11H3,(H,7,8,9). The van der Waals surface area contributed by atoms with Crippen molar-refractivity contribution in [3.05, 3.63) is 12.2 Å². The van der Waals surface area contributed by atoms with Gasteiger partial charge in [0, 0.05) is 10.2 Å². The normalized spacial score (nSPS) is 14.5. The Labute approximate surface area is 70.7 Å². The van der Waals surface area contributed by atoms with E-state index in [-0.39, 0.29) is 10.8 Å². The zero-order valence-corrected chi connectivity index (χ0v) is 9.85. The molecule has 0 bridgehead atoms. The third-order valence-corrected chi connectivity index (χ3v) is 1.87. The molecule has 0 atom stereocenters. The van der Waals surface area contributed by atoms with Crippen molar-refractivity contribution in [2.45, 2.75) is 18.9 Å². The van der Waals surface area contributed by atoms with Gasteiger partial charge in [-0.25, -0.2) is 0 Å². The summed E-state index contributed by atoms with van der Waals surface area (Å²) in [5, 5.41) is 0.102. The average Bonchev–Trinajstić information content (AvgIpc) is 1.55. The summed E-state index contributed by atoms with van der Waals surface area (Å²) in [7, 11) is -2.85. The number of hydrogen-bond donors (Lipinski definition) is 1. The Morgan fingerprint density at radius 1 is 1.55 bits per heavy atom. The second-order valence-electron chi connectivity index (χ2n) is 3.52. The number of hydrogen-bond acceptors (Lipinski definition) is 2. The molecule has 0 fully saturated rings. The fourth-order valence-electron chi connectivity index (χ4n) is 0.523. The molecule has 0 aromatic heterocycles. The van der Waals surface area contributed by atoms with Crippen LogP contribution in [0.4, 0.5) is 0 Å². The van der Waals surface area contributed by atoms with E-state index in [0.29, 0.717) is 0 Å². The smallest absolute Gasteiger partial charge is 0.268 e. The summed E-state index contributed by atoms with van der Waals surface area (Å²) in [6, 6.07) is 0. The first-order valence-electron chi connectivity index (χ1n) is 3.33. The molecule has 0 spiro atoms. The van der Waals surface area contributed by atoms with Gasteiger partial charge in [-0.3, -0.25) is 4.55 Å². The minimum absolute atomic E-state index is 0.102. The van der Waals surface area contributed by atoms with E-state index in [1.165, 1.54) is 6.08 Å². The molecule has 0 aliphatic rings. The van der Waals surface area contributed by atoms with Crippen LogP contribution in [-0.4, -0.2) is 29.0 Å². The maximum Gasteiger partial charge on any atom is 0.268 e. The lowest BCUT2D eigenvalue weighted by molar-refractivity contribution is 0.486. The molecule has 1 N–H and O–H groups in total. The van der Waals surface area contributed by atoms with Crippen LogP contribution in [-0.2, 0) is 10.1 Å². The number of rotatable bonds is 3. The van der Waals surface area contributed by atoms with Crippen LogP contribution >= 0.6 is 0 Å². The second kappa shape index (κ2) is 3.51. The monoisotopic (exact) mass is 194 g/mol. The molecule has 0 radical (unpaired) electrons. The predicted octanol–water partition coefficient (Wildman–Crippen LogP) is -0.00570. The molecule has 0 aromatic rings. The van der Waals surface area contributed by atoms with Crippen LogP contribution in [0.3, 0.4) is 0 Å². The van der Waals surface area contributed by atoms with Gasteiger partial charge in [0.1, 0.15) is 0 Å². The average molecular weight is 194 g/mol. The van der Waals surface area contributed by atoms with E-state index in [4.69, 9.17) is 4.55 Å². The molecule has 0 heterocycles. The van der Waals surface area contributed by atoms with E-state index < -0.39 is 10.1 Å². The van der Waals surface area contributed by atoms with Gasteiger partial charge in [0.15, 0.2) is 0 Å². The molecule has 11 heavy (non-hydrogen) atoms. The molecular weight excluding hydrogens is 180 g/mol. The molecule has 0 aliphatic heterocycles. The molecule has 5 heteroatoms. The summed E-state index contributed by atoms with van der Waals surface area (Å²) >= 11 is 0. The highest BCUT2D eigenvalue weighted by atomic mass is 32.2. The second-order valence-corrected chi connectivity index (χ2v) is 7.59. The van der Waals surface area contributed by atoms with Gasteiger partial charge in [-0.1, -0.05) is 26.0 Å². The van der Waals surface area contributed by atoms with Gasteiger partial charge < -0.3 is 0 Å². The van der Waals surface area contributed by atoms with Crippen molar-refractivity contribution in [1.82, 2.24) is 0 Å². The van der Waals surface area contributed by atoms with Crippen molar-refractivity contribution in [3.8, 4) is 0 Å². The third-order valence-electron chi connectivity index (χ3n) is 0.925. The summed E-state index contributed by atoms with van der Waals surface area (Å²) in [5.41, 5.74) is 0. The zero-order valence-electron chi connectivity index (χ0n) is 7.03. The first-order valence-corrected chi connectivity index (χ1v) is 5.94. The predicted molar refractivity (Wildman–Crippen MR) is 49.5 cm³/mol. The Bertz CT molecular complexity index is 235. The van der Waals surface area contributed by atoms with E-state index in [2.05, 4.69) is 0 Å². The highest BCUT2D eigenvalue weighted by Crippen LogP contribution is 2.19. The van der Waals surface area contributed by atoms with Gasteiger partial charge >= 0.3 is 0 Å². The van der Waals surface area contributed by atoms with Crippen LogP contribution in [0, 0.1) is 0 Å². The molecule has 3 nitrogen and oxygen atoms in total. The molecule has 0 aromatic carbocycles. The minimum Gasteiger partial charge on any atom is -0.285 e. The molecule has 66 valence electrons. The zero-order chi connectivity index (χ0) is 9.12. The van der Waals surface area contributed by atoms with Crippen molar-refractivity contribution in [2.24, 2.45) is 0 Å². The van der Waals surface area contributed by atoms with Crippen molar-refractivity contribution >= 4 is 20.4 Å². The Balaban J connectivity index is 4.00. The van der Waals surface area contributed by atoms with Gasteiger partial charge in [0.05, 0.1) is 5.75 Å². The lowest BCUT2D eigenvalue weighted by atomic mass is 10.2. The van der Waals surface area contributed by atoms with E-state index >= 15 is 0 Å². The van der Waals surface area contributed by atoms with Crippen LogP contribution in [0.25, 0.3) is 0 Å². The Morgan fingerprint density at radius 3 is 2.27 bits per heavy atom. The van der Waals surface area contributed by atoms with Crippen molar-refractivity contribution in [2.75, 3.05) is 5.75 Å². The summed E-state index contributed by atoms with van der Waals surface area (Å²) in [4.78, 5) is 0. The summed E-state index contributed by atoms with van der Waals surface area (Å²) < 4.78 is 28.8. The Hall–Kier alpha value is -0.133. The minimum atomic E-state index is -3.82. The van der Waals surface area contributed by atoms with Crippen LogP contribution in [0.15, 0.2) is 12.2 Å². The third kappa shape index (κ3) is 9.87. The van der Waals surface area contributed by atoms with Crippen LogP contribution < -0.4 is 0 Å². The molecular formula is C6H14O3SSi. The highest BCUT2D eigenvalue weighted by Gasteiger charge is 2.05. The maximum atomic E-state index is 10.2. The number of allylic oxidation sites excluding steroid dienone is 1. The lowest BCUT2D eigenvalue weighted by Gasteiger charge is -2.10. The first kappa shape index (κ1) is 10.9. The van der Waals surface area contributed by atoms with E-state index in [9.17, 15) is 8.42 Å². The summed E-state index contributed by atoms with van der Waals surface area (Å²) in [6.07, 6.45) is 3.30. The quantitative estimate of drug-likeness (QED) is 0.391. The van der Waals surface area contributed by atoms with Crippen molar-refractivity contribution in [1.29, 1.82) is 0 Å². The summed E-state index contributed by atoms with van der Waals surface area (Å²) in [5.74, 6) is -0.279. The molecule has 0 rings (SSSR count). The molecule has 0 aliphatic carbocycles. The van der Waals surface area contributed by atoms with Crippen molar-refractivity contribution < 1.29 is 13.0 Å². The van der Waals surface area contributed by atoms with E-state index in [1.54, 1.807) is 0 Å². The first-order chi connectivity index (χ1) is 4.71. The van der Waals surface area contributed by atoms with Crippen LogP contribution in [0.1, 0.15) is 13.8 Å². The fourth-order valence-corrected chi connectivity index (χ4v) is 1.10. The van der Waals surface area contributed by atoms with Gasteiger partial charge in [-0.2, -0.15) is 8.42 Å². The Morgan fingerprint density at radius 2 is 2.00 bits per heavy atom. The van der Waals surface area contributed by atoms with Gasteiger partial charge in [0.2, 0.25) is 0 Å². The molecule has 0 saturated heterocycles. The Kier molecular flexibility index (Phi) is 3.47. The SMILES string of the molecule is CC(C)([SiH3])C=CCS(=O)(=O)O. The van der Waals surface area contributed by atoms with Gasteiger partial charge in [0.25, 0.3) is 10.1 Å². The topological polar surface area (TPSA) is 54.4 Å². The van der Waals surface area contributed by atoms with Gasteiger partial charge in [-0.05, 0) is 5.04 Å². The largest absolute Gasteiger partial charge is 0.285 e. The summed E-state index contributed by atoms with van der Waals surface area (Å²) in [6.45, 7) is 4.03. The molecule has 0 saturated carbocycles. The van der Waals surface area contributed by atoms with E-state index in [1.807, 2.05) is 19.9 Å². The van der Waals surface area contributed by atoms with Crippen LogP contribution in [0.2, 0.25) is 5.04 Å². The van der Waals surface area contributed by atoms with Gasteiger partial charge in [-0.15, -0.1) is 0 Å². The van der Waals surface area contributed by atoms with E-state index in [0.717, 1.165) is 10.2 Å². The molecule has 0 unspecified atom stereocenters.